The van der Waals surface area contributed by atoms with Crippen molar-refractivity contribution in [1.29, 1.82) is 0 Å². The molecule has 0 aliphatic carbocycles. The first-order chi connectivity index (χ1) is 21.8. The first-order valence-corrected chi connectivity index (χ1v) is 14.5. The van der Waals surface area contributed by atoms with Crippen molar-refractivity contribution in [2.24, 2.45) is 0 Å². The third-order valence-electron chi connectivity index (χ3n) is 5.54. The lowest BCUT2D eigenvalue weighted by atomic mass is 10.2. The number of benzene rings is 1. The van der Waals surface area contributed by atoms with Gasteiger partial charge in [0.15, 0.2) is 0 Å². The van der Waals surface area contributed by atoms with Crippen molar-refractivity contribution >= 4 is 28.9 Å². The lowest BCUT2D eigenvalue weighted by molar-refractivity contribution is -0.393. The van der Waals surface area contributed by atoms with E-state index in [2.05, 4.69) is 10.6 Å². The van der Waals surface area contributed by atoms with Gasteiger partial charge in [0.2, 0.25) is 5.91 Å². The molecule has 0 atom stereocenters. The molecular weight excluding hydrogens is 604 g/mol. The first kappa shape index (κ1) is 39.5. The maximum absolute atomic E-state index is 11.3. The molecule has 45 heavy (non-hydrogen) atoms. The second-order valence-corrected chi connectivity index (χ2v) is 9.03. The molecular formula is C27H44N4O14. The lowest BCUT2D eigenvalue weighted by Gasteiger charge is -2.09. The Morgan fingerprint density at radius 3 is 1.56 bits per heavy atom. The third-order valence-corrected chi connectivity index (χ3v) is 5.54. The summed E-state index contributed by atoms with van der Waals surface area (Å²) in [5.74, 6) is -1.28. The van der Waals surface area contributed by atoms with Gasteiger partial charge in [-0.15, -0.1) is 0 Å². The maximum atomic E-state index is 11.3. The zero-order valence-electron chi connectivity index (χ0n) is 25.3. The van der Waals surface area contributed by atoms with Crippen molar-refractivity contribution in [3.05, 3.63) is 38.4 Å². The maximum Gasteiger partial charge on any atom is 0.303 e. The number of nitro benzene ring substituents is 2. The predicted octanol–water partition coefficient (Wildman–Crippen LogP) is 1.40. The quantitative estimate of drug-likeness (QED) is 0.0587. The molecule has 0 aliphatic heterocycles. The van der Waals surface area contributed by atoms with Crippen LogP contribution in [0.1, 0.15) is 19.3 Å². The number of nitrogens with zero attached hydrogens (tertiary/aromatic N) is 2. The lowest BCUT2D eigenvalue weighted by Crippen LogP contribution is -2.25. The molecule has 0 unspecified atom stereocenters. The van der Waals surface area contributed by atoms with Crippen LogP contribution in [-0.4, -0.2) is 132 Å². The zero-order valence-corrected chi connectivity index (χ0v) is 25.3. The minimum absolute atomic E-state index is 0.0254. The van der Waals surface area contributed by atoms with E-state index in [1.807, 2.05) is 0 Å². The van der Waals surface area contributed by atoms with Crippen molar-refractivity contribution in [3.8, 4) is 0 Å². The molecule has 256 valence electrons. The molecule has 1 amide bonds. The molecule has 3 N–H and O–H groups in total. The van der Waals surface area contributed by atoms with Crippen LogP contribution in [0.5, 0.6) is 0 Å². The number of carbonyl (C=O) groups excluding carboxylic acids is 1. The number of aliphatic carboxylic acids is 1. The number of nitrogens with one attached hydrogen (secondary N) is 2. The van der Waals surface area contributed by atoms with Crippen LogP contribution >= 0.6 is 0 Å². The van der Waals surface area contributed by atoms with E-state index >= 15 is 0 Å². The predicted molar refractivity (Wildman–Crippen MR) is 158 cm³/mol. The number of carboxylic acid groups (broad SMARTS) is 1. The Morgan fingerprint density at radius 2 is 1.11 bits per heavy atom. The smallest absolute Gasteiger partial charge is 0.303 e. The fourth-order valence-electron chi connectivity index (χ4n) is 3.32. The third kappa shape index (κ3) is 22.6. The van der Waals surface area contributed by atoms with Crippen molar-refractivity contribution in [3.63, 3.8) is 0 Å². The average molecular weight is 649 g/mol. The van der Waals surface area contributed by atoms with Crippen LogP contribution in [0.3, 0.4) is 0 Å². The van der Waals surface area contributed by atoms with Gasteiger partial charge in [-0.25, -0.2) is 0 Å². The topological polar surface area (TPSA) is 229 Å². The molecule has 1 aromatic carbocycles. The Morgan fingerprint density at radius 1 is 0.644 bits per heavy atom. The number of rotatable bonds is 31. The summed E-state index contributed by atoms with van der Waals surface area (Å²) in [7, 11) is 0. The van der Waals surface area contributed by atoms with Crippen molar-refractivity contribution < 1.29 is 57.7 Å². The summed E-state index contributed by atoms with van der Waals surface area (Å²) in [6.45, 7) is 6.34. The molecule has 0 spiro atoms. The SMILES string of the molecule is O=C(O)CCC(=O)NCCCOCCOCCOCCOCCOCCOCCOCCNc1ccc([N+](=O)[O-])cc1[N+](=O)[O-]. The summed E-state index contributed by atoms with van der Waals surface area (Å²) in [6.07, 6.45) is 0.428. The van der Waals surface area contributed by atoms with E-state index in [0.29, 0.717) is 98.9 Å². The van der Waals surface area contributed by atoms with E-state index in [1.165, 1.54) is 12.1 Å². The van der Waals surface area contributed by atoms with Crippen molar-refractivity contribution in [2.75, 3.05) is 111 Å². The fraction of sp³-hybridized carbons (Fsp3) is 0.704. The number of hydrogen-bond donors (Lipinski definition) is 3. The number of nitro groups is 2. The van der Waals surface area contributed by atoms with Crippen LogP contribution in [0.2, 0.25) is 0 Å². The number of anilines is 1. The second-order valence-electron chi connectivity index (χ2n) is 9.03. The molecule has 1 rings (SSSR count). The van der Waals surface area contributed by atoms with E-state index < -0.39 is 15.8 Å². The van der Waals surface area contributed by atoms with Gasteiger partial charge in [0, 0.05) is 32.2 Å². The molecule has 1 aromatic rings. The van der Waals surface area contributed by atoms with Crippen molar-refractivity contribution in [2.45, 2.75) is 19.3 Å². The van der Waals surface area contributed by atoms with E-state index in [0.717, 1.165) is 6.07 Å². The molecule has 0 aromatic heterocycles. The van der Waals surface area contributed by atoms with Crippen LogP contribution in [0.25, 0.3) is 0 Å². The van der Waals surface area contributed by atoms with Gasteiger partial charge in [0.1, 0.15) is 5.69 Å². The van der Waals surface area contributed by atoms with E-state index in [4.69, 9.17) is 38.3 Å². The van der Waals surface area contributed by atoms with E-state index in [9.17, 15) is 29.8 Å². The highest BCUT2D eigenvalue weighted by atomic mass is 16.6. The highest BCUT2D eigenvalue weighted by Gasteiger charge is 2.19. The van der Waals surface area contributed by atoms with Gasteiger partial charge in [-0.3, -0.25) is 29.8 Å². The van der Waals surface area contributed by atoms with E-state index in [-0.39, 0.29) is 49.0 Å². The monoisotopic (exact) mass is 648 g/mol. The number of non-ortho nitro benzene ring substituents is 1. The van der Waals surface area contributed by atoms with Gasteiger partial charge in [0.25, 0.3) is 11.4 Å². The molecule has 0 bridgehead atoms. The number of amides is 1. The zero-order chi connectivity index (χ0) is 33.0. The molecule has 0 aliphatic rings. The van der Waals surface area contributed by atoms with Gasteiger partial charge >= 0.3 is 5.97 Å². The largest absolute Gasteiger partial charge is 0.481 e. The summed E-state index contributed by atoms with van der Waals surface area (Å²) >= 11 is 0. The molecule has 0 saturated heterocycles. The summed E-state index contributed by atoms with van der Waals surface area (Å²) in [4.78, 5) is 42.3. The highest BCUT2D eigenvalue weighted by Crippen LogP contribution is 2.28. The number of carboxylic acids is 1. The van der Waals surface area contributed by atoms with Crippen LogP contribution in [0.15, 0.2) is 18.2 Å². The first-order valence-electron chi connectivity index (χ1n) is 14.5. The Balaban J connectivity index is 1.78. The molecule has 0 radical (unpaired) electrons. The molecule has 18 nitrogen and oxygen atoms in total. The van der Waals surface area contributed by atoms with Gasteiger partial charge in [-0.1, -0.05) is 0 Å². The Labute approximate surface area is 260 Å². The van der Waals surface area contributed by atoms with E-state index in [1.54, 1.807) is 0 Å². The minimum Gasteiger partial charge on any atom is -0.481 e. The number of hydrogen-bond acceptors (Lipinski definition) is 14. The van der Waals surface area contributed by atoms with Gasteiger partial charge in [-0.2, -0.15) is 0 Å². The normalized spacial score (nSPS) is 10.9. The fourth-order valence-corrected chi connectivity index (χ4v) is 3.32. The van der Waals surface area contributed by atoms with Crippen LogP contribution < -0.4 is 10.6 Å². The van der Waals surface area contributed by atoms with Gasteiger partial charge < -0.3 is 48.9 Å². The number of ether oxygens (including phenoxy) is 7. The average Bonchev–Trinajstić information content (AvgIpc) is 3.01. The van der Waals surface area contributed by atoms with Gasteiger partial charge in [0.05, 0.1) is 108 Å². The summed E-state index contributed by atoms with van der Waals surface area (Å²) in [5.41, 5.74) is -0.550. The standard InChI is InChI=1S/C27H44N4O14/c32-26(4-5-27(33)34)29-6-1-8-39-10-12-41-14-16-43-18-20-45-21-19-44-17-15-42-13-11-40-9-7-28-24-3-2-23(30(35)36)22-25(24)31(37)38/h2-3,22,28H,1,4-21H2,(H,29,32)(H,33,34). The minimum atomic E-state index is -0.996. The summed E-state index contributed by atoms with van der Waals surface area (Å²) in [6, 6.07) is 3.40. The van der Waals surface area contributed by atoms with Crippen molar-refractivity contribution in [1.82, 2.24) is 5.32 Å². The summed E-state index contributed by atoms with van der Waals surface area (Å²) in [5, 5.41) is 35.9. The molecule has 0 heterocycles. The molecule has 0 saturated carbocycles. The van der Waals surface area contributed by atoms with Crippen LogP contribution in [0, 0.1) is 20.2 Å². The van der Waals surface area contributed by atoms with Crippen LogP contribution in [-0.2, 0) is 42.7 Å². The Kier molecular flexibility index (Phi) is 23.6. The highest BCUT2D eigenvalue weighted by molar-refractivity contribution is 5.80. The number of carbonyl (C=O) groups is 2. The second kappa shape index (κ2) is 26.8. The molecule has 0 fully saturated rings. The summed E-state index contributed by atoms with van der Waals surface area (Å²) < 4.78 is 37.8. The Bertz CT molecular complexity index is 985. The Hall–Kier alpha value is -3.52. The van der Waals surface area contributed by atoms with Gasteiger partial charge in [-0.05, 0) is 12.5 Å². The molecule has 18 heteroatoms. The van der Waals surface area contributed by atoms with Crippen LogP contribution in [0.4, 0.5) is 17.1 Å².